The molecule has 45 heavy (non-hydrogen) atoms. The predicted molar refractivity (Wildman–Crippen MR) is 158 cm³/mol. The van der Waals surface area contributed by atoms with Gasteiger partial charge in [0.2, 0.25) is 5.82 Å². The Kier molecular flexibility index (Phi) is 10.4. The van der Waals surface area contributed by atoms with Gasteiger partial charge in [-0.25, -0.2) is 4.39 Å². The second-order valence-electron chi connectivity index (χ2n) is 9.36. The number of hydrogen-bond donors (Lipinski definition) is 2. The SMILES string of the molecule is C=CCOc1c(NC(=O)c2[nH]nc(-c3ccc(OS(=O)(=O)CCC(F)(F)F)cc3)c2Cc2ccc(Cl)cc2Cl)ccc(F)c1F. The second-order valence-corrected chi connectivity index (χ2v) is 11.9. The Morgan fingerprint density at radius 2 is 1.78 bits per heavy atom. The molecule has 0 fully saturated rings. The largest absolute Gasteiger partial charge is 0.484 e. The van der Waals surface area contributed by atoms with Gasteiger partial charge in [-0.15, -0.1) is 0 Å². The molecule has 16 heteroatoms. The van der Waals surface area contributed by atoms with Crippen molar-refractivity contribution in [3.05, 3.63) is 106 Å². The lowest BCUT2D eigenvalue weighted by molar-refractivity contribution is -0.130. The lowest BCUT2D eigenvalue weighted by Crippen LogP contribution is -2.20. The predicted octanol–water partition coefficient (Wildman–Crippen LogP) is 7.73. The lowest BCUT2D eigenvalue weighted by atomic mass is 9.98. The molecule has 0 aliphatic rings. The molecule has 3 aromatic carbocycles. The molecule has 2 N–H and O–H groups in total. The minimum Gasteiger partial charge on any atom is -0.484 e. The highest BCUT2D eigenvalue weighted by atomic mass is 35.5. The molecular weight excluding hydrogens is 668 g/mol. The maximum Gasteiger partial charge on any atom is 0.390 e. The smallest absolute Gasteiger partial charge is 0.390 e. The number of nitrogens with one attached hydrogen (secondary N) is 2. The summed E-state index contributed by atoms with van der Waals surface area (Å²) in [6, 6.07) is 11.8. The number of alkyl halides is 3. The van der Waals surface area contributed by atoms with Crippen LogP contribution in [0.4, 0.5) is 27.6 Å². The van der Waals surface area contributed by atoms with Gasteiger partial charge in [0.05, 0.1) is 23.6 Å². The summed E-state index contributed by atoms with van der Waals surface area (Å²) in [5.41, 5.74) is 1.13. The molecule has 0 saturated carbocycles. The number of ether oxygens (including phenoxy) is 1. The van der Waals surface area contributed by atoms with Gasteiger partial charge in [0, 0.05) is 27.6 Å². The Morgan fingerprint density at radius 1 is 1.07 bits per heavy atom. The summed E-state index contributed by atoms with van der Waals surface area (Å²) in [4.78, 5) is 13.5. The van der Waals surface area contributed by atoms with E-state index < -0.39 is 51.8 Å². The van der Waals surface area contributed by atoms with Gasteiger partial charge >= 0.3 is 16.3 Å². The van der Waals surface area contributed by atoms with Crippen molar-refractivity contribution in [2.75, 3.05) is 17.7 Å². The van der Waals surface area contributed by atoms with E-state index in [2.05, 4.69) is 22.1 Å². The van der Waals surface area contributed by atoms with Gasteiger partial charge in [-0.2, -0.15) is 31.1 Å². The van der Waals surface area contributed by atoms with Crippen molar-refractivity contribution in [2.45, 2.75) is 19.0 Å². The van der Waals surface area contributed by atoms with Crippen molar-refractivity contribution in [3.63, 3.8) is 0 Å². The first-order chi connectivity index (χ1) is 21.2. The minimum atomic E-state index is -4.68. The van der Waals surface area contributed by atoms with E-state index in [1.54, 1.807) is 12.1 Å². The molecule has 238 valence electrons. The highest BCUT2D eigenvalue weighted by Gasteiger charge is 2.31. The average Bonchev–Trinajstić information content (AvgIpc) is 3.39. The van der Waals surface area contributed by atoms with E-state index in [9.17, 15) is 35.2 Å². The average molecular weight is 690 g/mol. The van der Waals surface area contributed by atoms with Crippen LogP contribution >= 0.6 is 23.2 Å². The number of amides is 1. The fourth-order valence-corrected chi connectivity index (χ4v) is 5.46. The van der Waals surface area contributed by atoms with Crippen LogP contribution in [0, 0.1) is 11.6 Å². The summed E-state index contributed by atoms with van der Waals surface area (Å²) in [6.45, 7) is 3.28. The number of halogens is 7. The van der Waals surface area contributed by atoms with Crippen LogP contribution in [0.2, 0.25) is 10.0 Å². The van der Waals surface area contributed by atoms with Crippen LogP contribution in [0.1, 0.15) is 28.0 Å². The summed E-state index contributed by atoms with van der Waals surface area (Å²) in [7, 11) is -4.54. The van der Waals surface area contributed by atoms with Crippen molar-refractivity contribution in [1.82, 2.24) is 10.2 Å². The van der Waals surface area contributed by atoms with Gasteiger partial charge in [0.15, 0.2) is 11.6 Å². The Labute approximate surface area is 263 Å². The number of hydrogen-bond acceptors (Lipinski definition) is 6. The van der Waals surface area contributed by atoms with Gasteiger partial charge < -0.3 is 14.2 Å². The van der Waals surface area contributed by atoms with Gasteiger partial charge in [-0.3, -0.25) is 9.89 Å². The zero-order valence-corrected chi connectivity index (χ0v) is 25.2. The molecule has 0 atom stereocenters. The number of nitrogens with zero attached hydrogens (tertiary/aromatic N) is 1. The summed E-state index contributed by atoms with van der Waals surface area (Å²) < 4.78 is 99.8. The van der Waals surface area contributed by atoms with E-state index in [-0.39, 0.29) is 40.9 Å². The Balaban J connectivity index is 1.69. The van der Waals surface area contributed by atoms with Crippen LogP contribution in [0.15, 0.2) is 67.3 Å². The summed E-state index contributed by atoms with van der Waals surface area (Å²) in [6.07, 6.45) is -4.93. The third-order valence-corrected chi connectivity index (χ3v) is 7.84. The molecule has 0 saturated heterocycles. The Hall–Kier alpha value is -4.14. The Bertz CT molecular complexity index is 1830. The van der Waals surface area contributed by atoms with Crippen LogP contribution in [0.3, 0.4) is 0 Å². The van der Waals surface area contributed by atoms with Crippen LogP contribution in [0.5, 0.6) is 11.5 Å². The standard InChI is InChI=1S/C29H22Cl2F5N3O5S/c1-2-12-43-27-23(10-9-22(32)24(27)33)37-28(40)26-20(14-17-3-6-18(30)15-21(17)31)25(38-39-26)16-4-7-19(8-5-16)44-45(41,42)13-11-29(34,35)36/h2-10,15H,1,11-14H2,(H,37,40)(H,38,39). The number of benzene rings is 3. The van der Waals surface area contributed by atoms with Crippen LogP contribution in [-0.4, -0.2) is 43.1 Å². The van der Waals surface area contributed by atoms with Crippen LogP contribution in [0.25, 0.3) is 11.3 Å². The number of rotatable bonds is 12. The number of aromatic nitrogens is 2. The molecule has 4 rings (SSSR count). The first-order valence-electron chi connectivity index (χ1n) is 12.8. The summed E-state index contributed by atoms with van der Waals surface area (Å²) in [5, 5.41) is 9.98. The third-order valence-electron chi connectivity index (χ3n) is 6.11. The zero-order chi connectivity index (χ0) is 32.9. The van der Waals surface area contributed by atoms with E-state index in [0.29, 0.717) is 21.7 Å². The van der Waals surface area contributed by atoms with E-state index in [1.165, 1.54) is 36.4 Å². The third kappa shape index (κ3) is 8.74. The molecule has 0 aliphatic heterocycles. The van der Waals surface area contributed by atoms with E-state index in [1.807, 2.05) is 0 Å². The summed E-state index contributed by atoms with van der Waals surface area (Å²) >= 11 is 12.4. The van der Waals surface area contributed by atoms with E-state index in [4.69, 9.17) is 32.1 Å². The first-order valence-corrected chi connectivity index (χ1v) is 15.1. The normalized spacial score (nSPS) is 11.7. The summed E-state index contributed by atoms with van der Waals surface area (Å²) in [5.74, 6) is -5.39. The fourth-order valence-electron chi connectivity index (χ4n) is 4.02. The molecule has 0 radical (unpaired) electrons. The van der Waals surface area contributed by atoms with Crippen molar-refractivity contribution < 1.29 is 44.1 Å². The molecule has 0 unspecified atom stereocenters. The molecule has 1 heterocycles. The maximum absolute atomic E-state index is 14.5. The highest BCUT2D eigenvalue weighted by Crippen LogP contribution is 2.34. The lowest BCUT2D eigenvalue weighted by Gasteiger charge is -2.13. The molecule has 1 aromatic heterocycles. The van der Waals surface area contributed by atoms with Gasteiger partial charge in [0.25, 0.3) is 5.91 Å². The van der Waals surface area contributed by atoms with E-state index >= 15 is 0 Å². The molecular formula is C29H22Cl2F5N3O5S. The minimum absolute atomic E-state index is 0.0201. The van der Waals surface area contributed by atoms with Crippen molar-refractivity contribution in [1.29, 1.82) is 0 Å². The van der Waals surface area contributed by atoms with Crippen LogP contribution in [-0.2, 0) is 16.5 Å². The van der Waals surface area contributed by atoms with E-state index in [0.717, 1.165) is 12.1 Å². The number of carbonyl (C=O) groups is 1. The number of anilines is 1. The number of aromatic amines is 1. The second kappa shape index (κ2) is 13.9. The van der Waals surface area contributed by atoms with Crippen LogP contribution < -0.4 is 14.2 Å². The van der Waals surface area contributed by atoms with Crippen molar-refractivity contribution in [2.24, 2.45) is 0 Å². The highest BCUT2D eigenvalue weighted by molar-refractivity contribution is 7.87. The van der Waals surface area contributed by atoms with Gasteiger partial charge in [-0.05, 0) is 54.1 Å². The van der Waals surface area contributed by atoms with Crippen molar-refractivity contribution >= 4 is 44.9 Å². The monoisotopic (exact) mass is 689 g/mol. The first kappa shape index (κ1) is 33.7. The number of H-pyrrole nitrogens is 1. The fraction of sp³-hybridized carbons (Fsp3) is 0.172. The number of carbonyl (C=O) groups excluding carboxylic acids is 1. The maximum atomic E-state index is 14.5. The van der Waals surface area contributed by atoms with Crippen molar-refractivity contribution in [3.8, 4) is 22.8 Å². The Morgan fingerprint density at radius 3 is 2.42 bits per heavy atom. The van der Waals surface area contributed by atoms with Gasteiger partial charge in [0.1, 0.15) is 18.1 Å². The molecule has 8 nitrogen and oxygen atoms in total. The molecule has 0 bridgehead atoms. The molecule has 0 spiro atoms. The molecule has 0 aliphatic carbocycles. The molecule has 4 aromatic rings. The quantitative estimate of drug-likeness (QED) is 0.0895. The topological polar surface area (TPSA) is 110 Å². The van der Waals surface area contributed by atoms with Gasteiger partial charge in [-0.1, -0.05) is 41.9 Å². The molecule has 1 amide bonds. The zero-order valence-electron chi connectivity index (χ0n) is 22.9.